The first kappa shape index (κ1) is 26.4. The number of ether oxygens (including phenoxy) is 1. The third kappa shape index (κ3) is 8.22. The summed E-state index contributed by atoms with van der Waals surface area (Å²) >= 11 is 11.9. The van der Waals surface area contributed by atoms with Crippen LogP contribution < -0.4 is 5.32 Å². The topological polar surface area (TPSA) is 110 Å². The lowest BCUT2D eigenvalue weighted by Crippen LogP contribution is -2.34. The number of hydrogen-bond donors (Lipinski definition) is 1. The molecular formula is C24H27Cl2N5O4. The third-order valence-electron chi connectivity index (χ3n) is 4.79. The highest BCUT2D eigenvalue weighted by molar-refractivity contribution is 6.42. The number of pyridine rings is 1. The summed E-state index contributed by atoms with van der Waals surface area (Å²) in [6.45, 7) is 7.38. The SMILES string of the molecule is CC(C)(C)OC(=O)N1CCCC1.O=CNc1ccc(-c2noc(Cc3ccc(Cl)c(Cl)c3)n2)cn1. The first-order chi connectivity index (χ1) is 16.6. The Labute approximate surface area is 213 Å². The van der Waals surface area contributed by atoms with Gasteiger partial charge in [-0.2, -0.15) is 4.98 Å². The van der Waals surface area contributed by atoms with E-state index in [4.69, 9.17) is 32.5 Å². The molecule has 0 unspecified atom stereocenters. The minimum Gasteiger partial charge on any atom is -0.444 e. The van der Waals surface area contributed by atoms with Crippen LogP contribution in [-0.2, 0) is 16.0 Å². The largest absolute Gasteiger partial charge is 0.444 e. The van der Waals surface area contributed by atoms with Crippen molar-refractivity contribution < 1.29 is 18.8 Å². The molecule has 2 aromatic heterocycles. The fourth-order valence-electron chi connectivity index (χ4n) is 3.17. The molecule has 0 spiro atoms. The highest BCUT2D eigenvalue weighted by atomic mass is 35.5. The fourth-order valence-corrected chi connectivity index (χ4v) is 3.49. The van der Waals surface area contributed by atoms with Crippen LogP contribution in [-0.4, -0.2) is 51.2 Å². The Balaban J connectivity index is 0.000000241. The van der Waals surface area contributed by atoms with Crippen molar-refractivity contribution in [1.29, 1.82) is 0 Å². The van der Waals surface area contributed by atoms with E-state index in [9.17, 15) is 9.59 Å². The number of benzene rings is 1. The first-order valence-corrected chi connectivity index (χ1v) is 11.8. The van der Waals surface area contributed by atoms with Crippen molar-refractivity contribution in [3.8, 4) is 11.4 Å². The van der Waals surface area contributed by atoms with Gasteiger partial charge in [-0.25, -0.2) is 9.78 Å². The normalized spacial score (nSPS) is 13.1. The van der Waals surface area contributed by atoms with Crippen LogP contribution in [0.2, 0.25) is 10.0 Å². The van der Waals surface area contributed by atoms with E-state index in [0.717, 1.165) is 31.5 Å². The van der Waals surface area contributed by atoms with Gasteiger partial charge in [-0.1, -0.05) is 34.4 Å². The Hall–Kier alpha value is -3.17. The maximum atomic E-state index is 11.4. The van der Waals surface area contributed by atoms with Crippen LogP contribution in [0.4, 0.5) is 10.6 Å². The van der Waals surface area contributed by atoms with Crippen LogP contribution in [0.1, 0.15) is 45.1 Å². The van der Waals surface area contributed by atoms with E-state index in [1.165, 1.54) is 0 Å². The van der Waals surface area contributed by atoms with Gasteiger partial charge in [0.25, 0.3) is 0 Å². The molecule has 9 nitrogen and oxygen atoms in total. The fraction of sp³-hybridized carbons (Fsp3) is 0.375. The lowest BCUT2D eigenvalue weighted by molar-refractivity contribution is -0.105. The van der Waals surface area contributed by atoms with Crippen molar-refractivity contribution in [1.82, 2.24) is 20.0 Å². The molecule has 0 aliphatic carbocycles. The summed E-state index contributed by atoms with van der Waals surface area (Å²) in [6.07, 6.45) is 4.62. The molecule has 1 aliphatic rings. The molecule has 0 saturated carbocycles. The Morgan fingerprint density at radius 2 is 1.91 bits per heavy atom. The highest BCUT2D eigenvalue weighted by Crippen LogP contribution is 2.24. The summed E-state index contributed by atoms with van der Waals surface area (Å²) in [5.41, 5.74) is 1.24. The smallest absolute Gasteiger partial charge is 0.410 e. The lowest BCUT2D eigenvalue weighted by Gasteiger charge is -2.23. The van der Waals surface area contributed by atoms with Gasteiger partial charge >= 0.3 is 6.09 Å². The zero-order valence-corrected chi connectivity index (χ0v) is 21.3. The molecule has 3 aromatic rings. The van der Waals surface area contributed by atoms with Crippen molar-refractivity contribution in [2.24, 2.45) is 0 Å². The van der Waals surface area contributed by atoms with Gasteiger partial charge in [0.15, 0.2) is 0 Å². The number of rotatable bonds is 5. The van der Waals surface area contributed by atoms with Crippen LogP contribution in [0.25, 0.3) is 11.4 Å². The summed E-state index contributed by atoms with van der Waals surface area (Å²) in [5.74, 6) is 1.32. The van der Waals surface area contributed by atoms with Crippen LogP contribution in [0, 0.1) is 0 Å². The molecule has 3 heterocycles. The zero-order chi connectivity index (χ0) is 25.4. The van der Waals surface area contributed by atoms with E-state index in [1.54, 1.807) is 35.4 Å². The van der Waals surface area contributed by atoms with Crippen molar-refractivity contribution in [2.75, 3.05) is 18.4 Å². The van der Waals surface area contributed by atoms with Gasteiger partial charge < -0.3 is 19.5 Å². The number of likely N-dealkylation sites (tertiary alicyclic amines) is 1. The van der Waals surface area contributed by atoms with E-state index in [2.05, 4.69) is 20.4 Å². The minimum atomic E-state index is -0.361. The maximum Gasteiger partial charge on any atom is 0.410 e. The second-order valence-electron chi connectivity index (χ2n) is 8.81. The average Bonchev–Trinajstić information content (AvgIpc) is 3.49. The van der Waals surface area contributed by atoms with E-state index in [1.807, 2.05) is 26.8 Å². The van der Waals surface area contributed by atoms with E-state index in [-0.39, 0.29) is 11.7 Å². The monoisotopic (exact) mass is 519 g/mol. The van der Waals surface area contributed by atoms with Gasteiger partial charge in [0, 0.05) is 24.8 Å². The average molecular weight is 520 g/mol. The quantitative estimate of drug-likeness (QED) is 0.435. The molecular weight excluding hydrogens is 493 g/mol. The molecule has 0 bridgehead atoms. The molecule has 1 saturated heterocycles. The molecule has 0 radical (unpaired) electrons. The van der Waals surface area contributed by atoms with Crippen LogP contribution in [0.15, 0.2) is 41.1 Å². The predicted octanol–water partition coefficient (Wildman–Crippen LogP) is 5.61. The van der Waals surface area contributed by atoms with Gasteiger partial charge in [0.1, 0.15) is 11.4 Å². The van der Waals surface area contributed by atoms with E-state index < -0.39 is 0 Å². The number of nitrogens with zero attached hydrogens (tertiary/aromatic N) is 4. The summed E-state index contributed by atoms with van der Waals surface area (Å²) < 4.78 is 10.4. The Morgan fingerprint density at radius 3 is 2.51 bits per heavy atom. The van der Waals surface area contributed by atoms with Crippen molar-refractivity contribution >= 4 is 41.5 Å². The second kappa shape index (κ2) is 12.0. The third-order valence-corrected chi connectivity index (χ3v) is 5.53. The minimum absolute atomic E-state index is 0.167. The van der Waals surface area contributed by atoms with Gasteiger partial charge in [-0.3, -0.25) is 4.79 Å². The summed E-state index contributed by atoms with van der Waals surface area (Å²) in [7, 11) is 0. The number of aromatic nitrogens is 3. The number of anilines is 1. The van der Waals surface area contributed by atoms with Crippen molar-refractivity contribution in [3.63, 3.8) is 0 Å². The highest BCUT2D eigenvalue weighted by Gasteiger charge is 2.23. The molecule has 1 aromatic carbocycles. The molecule has 186 valence electrons. The predicted molar refractivity (Wildman–Crippen MR) is 134 cm³/mol. The molecule has 0 atom stereocenters. The molecule has 1 fully saturated rings. The summed E-state index contributed by atoms with van der Waals surface area (Å²) in [6, 6.07) is 8.72. The number of hydrogen-bond acceptors (Lipinski definition) is 7. The molecule has 1 N–H and O–H groups in total. The maximum absolute atomic E-state index is 11.4. The van der Waals surface area contributed by atoms with Crippen LogP contribution >= 0.6 is 23.2 Å². The molecule has 35 heavy (non-hydrogen) atoms. The molecule has 2 amide bonds. The molecule has 11 heteroatoms. The Bertz CT molecular complexity index is 1140. The summed E-state index contributed by atoms with van der Waals surface area (Å²) in [5, 5.41) is 7.35. The van der Waals surface area contributed by atoms with Crippen LogP contribution in [0.5, 0.6) is 0 Å². The Kier molecular flexibility index (Phi) is 9.06. The Morgan fingerprint density at radius 1 is 1.17 bits per heavy atom. The molecule has 4 rings (SSSR count). The van der Waals surface area contributed by atoms with Gasteiger partial charge in [0.2, 0.25) is 18.1 Å². The zero-order valence-electron chi connectivity index (χ0n) is 19.8. The number of amides is 2. The lowest BCUT2D eigenvalue weighted by atomic mass is 10.1. The number of carbonyl (C=O) groups excluding carboxylic acids is 2. The standard InChI is InChI=1S/C15H10Cl2N4O2.C9H17NO2/c16-11-3-1-9(5-12(11)17)6-14-20-15(21-23-14)10-2-4-13(18-7-10)19-8-22;1-9(2,3)12-8(11)10-6-4-5-7-10/h1-5,7-8H,6H2,(H,18,19,22);4-7H2,1-3H3. The first-order valence-electron chi connectivity index (χ1n) is 11.1. The van der Waals surface area contributed by atoms with Gasteiger partial charge in [0.05, 0.1) is 16.5 Å². The van der Waals surface area contributed by atoms with Gasteiger partial charge in [-0.05, 0) is 63.4 Å². The summed E-state index contributed by atoms with van der Waals surface area (Å²) in [4.78, 5) is 31.9. The van der Waals surface area contributed by atoms with Crippen molar-refractivity contribution in [3.05, 3.63) is 58.0 Å². The number of halogens is 2. The van der Waals surface area contributed by atoms with Gasteiger partial charge in [-0.15, -0.1) is 0 Å². The number of nitrogens with one attached hydrogen (secondary N) is 1. The second-order valence-corrected chi connectivity index (χ2v) is 9.62. The van der Waals surface area contributed by atoms with E-state index >= 15 is 0 Å². The molecule has 1 aliphatic heterocycles. The van der Waals surface area contributed by atoms with Crippen molar-refractivity contribution in [2.45, 2.75) is 45.6 Å². The van der Waals surface area contributed by atoms with Crippen LogP contribution in [0.3, 0.4) is 0 Å². The number of carbonyl (C=O) groups is 2. The van der Waals surface area contributed by atoms with E-state index in [0.29, 0.717) is 46.0 Å².